The maximum absolute atomic E-state index is 4.68. The Labute approximate surface area is 126 Å². The summed E-state index contributed by atoms with van der Waals surface area (Å²) in [5.74, 6) is 0. The molecule has 3 rings (SSSR count). The van der Waals surface area contributed by atoms with Crippen molar-refractivity contribution in [2.24, 2.45) is 0 Å². The third-order valence-corrected chi connectivity index (χ3v) is 4.25. The first kappa shape index (κ1) is 14.3. The second kappa shape index (κ2) is 5.98. The molecule has 0 aliphatic carbocycles. The monoisotopic (exact) mass is 284 g/mol. The molecule has 0 unspecified atom stereocenters. The Bertz CT molecular complexity index is 656. The zero-order valence-corrected chi connectivity index (χ0v) is 13.2. The van der Waals surface area contributed by atoms with Crippen LogP contribution in [-0.2, 0) is 6.54 Å². The minimum Gasteiger partial charge on any atom is -0.289 e. The van der Waals surface area contributed by atoms with Crippen molar-refractivity contribution in [3.63, 3.8) is 0 Å². The van der Waals surface area contributed by atoms with E-state index in [1.54, 1.807) is 0 Å². The molecule has 0 bridgehead atoms. The molecule has 0 saturated carbocycles. The van der Waals surface area contributed by atoms with Gasteiger partial charge in [0, 0.05) is 36.1 Å². The van der Waals surface area contributed by atoms with Gasteiger partial charge >= 0.3 is 0 Å². The van der Waals surface area contributed by atoms with E-state index in [-0.39, 0.29) is 0 Å². The van der Waals surface area contributed by atoms with Gasteiger partial charge in [-0.15, -0.1) is 0 Å². The van der Waals surface area contributed by atoms with Crippen LogP contribution in [0.2, 0.25) is 0 Å². The second-order valence-corrected chi connectivity index (χ2v) is 6.01. The lowest BCUT2D eigenvalue weighted by Gasteiger charge is -2.23. The summed E-state index contributed by atoms with van der Waals surface area (Å²) in [6.45, 7) is 8.35. The summed E-state index contributed by atoms with van der Waals surface area (Å²) in [5, 5.41) is 4.50. The van der Waals surface area contributed by atoms with Gasteiger partial charge in [0.1, 0.15) is 0 Å². The molecule has 0 amide bonds. The number of hydrogen-bond donors (Lipinski definition) is 0. The van der Waals surface area contributed by atoms with E-state index in [1.807, 2.05) is 17.6 Å². The van der Waals surface area contributed by atoms with E-state index in [1.165, 1.54) is 24.8 Å². The smallest absolute Gasteiger partial charge is 0.159 e. The van der Waals surface area contributed by atoms with Gasteiger partial charge in [0.05, 0.1) is 6.20 Å². The summed E-state index contributed by atoms with van der Waals surface area (Å²) in [4.78, 5) is 7.20. The highest BCUT2D eigenvalue weighted by molar-refractivity contribution is 5.48. The van der Waals surface area contributed by atoms with Crippen LogP contribution in [-0.4, -0.2) is 32.1 Å². The number of unbranched alkanes of at least 4 members (excludes halogenated alkanes) is 1. The third kappa shape index (κ3) is 2.86. The fourth-order valence-electron chi connectivity index (χ4n) is 3.13. The first-order valence-corrected chi connectivity index (χ1v) is 7.90. The van der Waals surface area contributed by atoms with E-state index in [9.17, 15) is 0 Å². The Kier molecular flexibility index (Phi) is 4.06. The summed E-state index contributed by atoms with van der Waals surface area (Å²) < 4.78 is 1.95. The highest BCUT2D eigenvalue weighted by Gasteiger charge is 2.21. The minimum absolute atomic E-state index is 0.575. The summed E-state index contributed by atoms with van der Waals surface area (Å²) in [6.07, 6.45) is 10.4. The predicted octanol–water partition coefficient (Wildman–Crippen LogP) is 3.28. The average Bonchev–Trinajstić information content (AvgIpc) is 3.05. The largest absolute Gasteiger partial charge is 0.289 e. The standard InChI is InChI=1S/C17H24N4/c1-4-5-7-16-8-6-9-20(16)12-15-11-18-21-14(3)10-13(2)19-17(15)21/h6,8,10-11,16H,4-5,7,9,12H2,1-3H3/t16-/m0/s1. The molecule has 3 heterocycles. The molecule has 1 atom stereocenters. The van der Waals surface area contributed by atoms with E-state index >= 15 is 0 Å². The van der Waals surface area contributed by atoms with Gasteiger partial charge in [-0.05, 0) is 26.3 Å². The van der Waals surface area contributed by atoms with Gasteiger partial charge in [-0.2, -0.15) is 5.10 Å². The molecule has 1 aliphatic heterocycles. The number of nitrogens with zero attached hydrogens (tertiary/aromatic N) is 4. The van der Waals surface area contributed by atoms with Crippen LogP contribution in [0.25, 0.3) is 5.65 Å². The van der Waals surface area contributed by atoms with Crippen molar-refractivity contribution >= 4 is 5.65 Å². The molecular formula is C17H24N4. The second-order valence-electron chi connectivity index (χ2n) is 6.01. The van der Waals surface area contributed by atoms with E-state index in [2.05, 4.69) is 47.0 Å². The van der Waals surface area contributed by atoms with E-state index in [4.69, 9.17) is 0 Å². The number of aromatic nitrogens is 3. The molecule has 0 spiro atoms. The summed E-state index contributed by atoms with van der Waals surface area (Å²) in [7, 11) is 0. The van der Waals surface area contributed by atoms with E-state index in [0.29, 0.717) is 6.04 Å². The maximum atomic E-state index is 4.68. The molecule has 4 heteroatoms. The van der Waals surface area contributed by atoms with Crippen molar-refractivity contribution in [1.29, 1.82) is 0 Å². The fraction of sp³-hybridized carbons (Fsp3) is 0.529. The van der Waals surface area contributed by atoms with Crippen molar-refractivity contribution in [3.8, 4) is 0 Å². The Morgan fingerprint density at radius 3 is 3.00 bits per heavy atom. The minimum atomic E-state index is 0.575. The van der Waals surface area contributed by atoms with E-state index in [0.717, 1.165) is 30.1 Å². The predicted molar refractivity (Wildman–Crippen MR) is 85.3 cm³/mol. The lowest BCUT2D eigenvalue weighted by atomic mass is 10.1. The summed E-state index contributed by atoms with van der Waals surface area (Å²) >= 11 is 0. The molecule has 0 N–H and O–H groups in total. The molecule has 4 nitrogen and oxygen atoms in total. The van der Waals surface area contributed by atoms with E-state index < -0.39 is 0 Å². The van der Waals surface area contributed by atoms with Crippen molar-refractivity contribution in [2.75, 3.05) is 6.54 Å². The molecule has 21 heavy (non-hydrogen) atoms. The van der Waals surface area contributed by atoms with Gasteiger partial charge in [0.15, 0.2) is 5.65 Å². The highest BCUT2D eigenvalue weighted by atomic mass is 15.3. The lowest BCUT2D eigenvalue weighted by molar-refractivity contribution is 0.250. The van der Waals surface area contributed by atoms with Crippen molar-refractivity contribution in [3.05, 3.63) is 41.4 Å². The van der Waals surface area contributed by atoms with Crippen LogP contribution >= 0.6 is 0 Å². The lowest BCUT2D eigenvalue weighted by Crippen LogP contribution is -2.29. The van der Waals surface area contributed by atoms with Crippen molar-refractivity contribution < 1.29 is 0 Å². The third-order valence-electron chi connectivity index (χ3n) is 4.25. The van der Waals surface area contributed by atoms with Crippen LogP contribution in [0.4, 0.5) is 0 Å². The molecule has 0 radical (unpaired) electrons. The summed E-state index contributed by atoms with van der Waals surface area (Å²) in [6, 6.07) is 2.65. The molecule has 2 aromatic rings. The highest BCUT2D eigenvalue weighted by Crippen LogP contribution is 2.21. The van der Waals surface area contributed by atoms with Gasteiger partial charge in [0.25, 0.3) is 0 Å². The van der Waals surface area contributed by atoms with Crippen LogP contribution in [0.1, 0.15) is 43.1 Å². The first-order valence-electron chi connectivity index (χ1n) is 7.90. The average molecular weight is 284 g/mol. The summed E-state index contributed by atoms with van der Waals surface area (Å²) in [5.41, 5.74) is 4.44. The molecular weight excluding hydrogens is 260 g/mol. The van der Waals surface area contributed by atoms with Gasteiger partial charge < -0.3 is 0 Å². The normalized spacial score (nSPS) is 18.9. The Balaban J connectivity index is 1.82. The van der Waals surface area contributed by atoms with Crippen LogP contribution < -0.4 is 0 Å². The first-order chi connectivity index (χ1) is 10.2. The number of aryl methyl sites for hydroxylation is 2. The van der Waals surface area contributed by atoms with Crippen molar-refractivity contribution in [1.82, 2.24) is 19.5 Å². The zero-order chi connectivity index (χ0) is 14.8. The molecule has 0 aromatic carbocycles. The topological polar surface area (TPSA) is 33.4 Å². The Morgan fingerprint density at radius 1 is 1.33 bits per heavy atom. The molecule has 0 fully saturated rings. The van der Waals surface area contributed by atoms with Crippen LogP contribution in [0.3, 0.4) is 0 Å². The van der Waals surface area contributed by atoms with Crippen LogP contribution in [0.5, 0.6) is 0 Å². The van der Waals surface area contributed by atoms with Gasteiger partial charge in [-0.3, -0.25) is 4.90 Å². The van der Waals surface area contributed by atoms with Gasteiger partial charge in [-0.25, -0.2) is 9.50 Å². The number of fused-ring (bicyclic) bond motifs is 1. The Hall–Kier alpha value is -1.68. The number of rotatable bonds is 5. The number of hydrogen-bond acceptors (Lipinski definition) is 3. The van der Waals surface area contributed by atoms with Gasteiger partial charge in [0.2, 0.25) is 0 Å². The maximum Gasteiger partial charge on any atom is 0.159 e. The zero-order valence-electron chi connectivity index (χ0n) is 13.2. The van der Waals surface area contributed by atoms with Gasteiger partial charge in [-0.1, -0.05) is 31.9 Å². The SMILES string of the molecule is CCCC[C@H]1C=CCN1Cc1cnn2c(C)cc(C)nc12. The van der Waals surface area contributed by atoms with Crippen LogP contribution in [0.15, 0.2) is 24.4 Å². The molecule has 1 aliphatic rings. The molecule has 0 saturated heterocycles. The quantitative estimate of drug-likeness (QED) is 0.790. The fourth-order valence-corrected chi connectivity index (χ4v) is 3.13. The molecule has 112 valence electrons. The Morgan fingerprint density at radius 2 is 2.19 bits per heavy atom. The van der Waals surface area contributed by atoms with Crippen LogP contribution in [0, 0.1) is 13.8 Å². The van der Waals surface area contributed by atoms with Crippen molar-refractivity contribution in [2.45, 2.75) is 52.6 Å². The molecule has 2 aromatic heterocycles.